The monoisotopic (exact) mass is 435 g/mol. The fourth-order valence-electron chi connectivity index (χ4n) is 3.05. The molecule has 1 atom stereocenters. The smallest absolute Gasteiger partial charge is 0.261 e. The molecule has 0 spiro atoms. The quantitative estimate of drug-likeness (QED) is 0.440. The Balaban J connectivity index is 1.50. The molecule has 1 unspecified atom stereocenters. The Morgan fingerprint density at radius 2 is 1.90 bits per heavy atom. The van der Waals surface area contributed by atoms with Crippen LogP contribution in [0.15, 0.2) is 75.3 Å². The summed E-state index contributed by atoms with van der Waals surface area (Å²) in [5, 5.41) is 5.18. The zero-order chi connectivity index (χ0) is 21.8. The molecule has 4 aromatic rings. The van der Waals surface area contributed by atoms with Crippen LogP contribution in [0.3, 0.4) is 0 Å². The summed E-state index contributed by atoms with van der Waals surface area (Å²) in [5.74, 6) is 1.27. The summed E-state index contributed by atoms with van der Waals surface area (Å²) >= 11 is 1.58. The first-order chi connectivity index (χ1) is 15.0. The summed E-state index contributed by atoms with van der Waals surface area (Å²) in [7, 11) is 0. The van der Waals surface area contributed by atoms with E-state index >= 15 is 0 Å². The number of thiophene rings is 1. The van der Waals surface area contributed by atoms with E-state index in [4.69, 9.17) is 13.9 Å². The van der Waals surface area contributed by atoms with Gasteiger partial charge in [-0.15, -0.1) is 11.3 Å². The van der Waals surface area contributed by atoms with Crippen LogP contribution in [-0.2, 0) is 11.3 Å². The zero-order valence-corrected chi connectivity index (χ0v) is 17.9. The number of hydrogen-bond donors (Lipinski definition) is 1. The molecule has 1 amide bonds. The maximum atomic E-state index is 12.9. The van der Waals surface area contributed by atoms with Crippen molar-refractivity contribution in [2.24, 2.45) is 0 Å². The largest absolute Gasteiger partial charge is 0.481 e. The van der Waals surface area contributed by atoms with Crippen LogP contribution in [-0.4, -0.2) is 12.0 Å². The molecule has 31 heavy (non-hydrogen) atoms. The summed E-state index contributed by atoms with van der Waals surface area (Å²) in [6.07, 6.45) is -0.703. The molecule has 0 radical (unpaired) electrons. The number of benzene rings is 2. The molecule has 158 valence electrons. The Kier molecular flexibility index (Phi) is 6.04. The molecule has 6 nitrogen and oxygen atoms in total. The number of carbonyl (C=O) groups excluding carboxylic acids is 1. The van der Waals surface area contributed by atoms with Crippen molar-refractivity contribution in [3.63, 3.8) is 0 Å². The van der Waals surface area contributed by atoms with Crippen LogP contribution in [0, 0.1) is 6.92 Å². The fraction of sp³-hybridized carbons (Fsp3) is 0.167. The van der Waals surface area contributed by atoms with Gasteiger partial charge in [0.2, 0.25) is 11.2 Å². The van der Waals surface area contributed by atoms with Crippen molar-refractivity contribution in [3.8, 4) is 17.2 Å². The predicted molar refractivity (Wildman–Crippen MR) is 120 cm³/mol. The molecule has 1 N–H and O–H groups in total. The molecular formula is C24H21NO5S. The standard InChI is InChI=1S/C24H21NO5S/c1-15-23(30-17-7-4-3-5-8-17)22(26)20-11-10-18(13-21(20)29-15)28-16(2)24(27)25-14-19-9-6-12-31-19/h3-13,16H,14H2,1-2H3,(H,25,27). The molecule has 0 aliphatic carbocycles. The Labute approximate surface area is 183 Å². The van der Waals surface area contributed by atoms with Crippen molar-refractivity contribution >= 4 is 28.2 Å². The second-order valence-electron chi connectivity index (χ2n) is 6.95. The van der Waals surface area contributed by atoms with E-state index in [0.717, 1.165) is 4.88 Å². The van der Waals surface area contributed by atoms with Crippen molar-refractivity contribution in [3.05, 3.63) is 86.9 Å². The second kappa shape index (κ2) is 9.06. The lowest BCUT2D eigenvalue weighted by Crippen LogP contribution is -2.35. The third-order valence-corrected chi connectivity index (χ3v) is 5.53. The van der Waals surface area contributed by atoms with Crippen LogP contribution < -0.4 is 20.2 Å². The van der Waals surface area contributed by atoms with E-state index in [0.29, 0.717) is 34.8 Å². The molecule has 0 bridgehead atoms. The van der Waals surface area contributed by atoms with Crippen LogP contribution in [0.1, 0.15) is 17.6 Å². The van der Waals surface area contributed by atoms with Gasteiger partial charge in [-0.3, -0.25) is 9.59 Å². The lowest BCUT2D eigenvalue weighted by Gasteiger charge is -2.15. The van der Waals surface area contributed by atoms with E-state index in [-0.39, 0.29) is 17.1 Å². The molecule has 0 saturated heterocycles. The van der Waals surface area contributed by atoms with Gasteiger partial charge in [0.25, 0.3) is 5.91 Å². The number of rotatable bonds is 7. The van der Waals surface area contributed by atoms with Crippen LogP contribution in [0.25, 0.3) is 11.0 Å². The molecule has 0 fully saturated rings. The summed E-state index contributed by atoms with van der Waals surface area (Å²) in [5.41, 5.74) is 0.0995. The lowest BCUT2D eigenvalue weighted by atomic mass is 10.2. The van der Waals surface area contributed by atoms with Gasteiger partial charge < -0.3 is 19.2 Å². The summed E-state index contributed by atoms with van der Waals surface area (Å²) < 4.78 is 17.3. The van der Waals surface area contributed by atoms with E-state index in [9.17, 15) is 9.59 Å². The zero-order valence-electron chi connectivity index (χ0n) is 17.1. The third kappa shape index (κ3) is 4.78. The number of para-hydroxylation sites is 1. The number of hydrogen-bond acceptors (Lipinski definition) is 6. The van der Waals surface area contributed by atoms with Gasteiger partial charge in [0.15, 0.2) is 6.10 Å². The highest BCUT2D eigenvalue weighted by atomic mass is 32.1. The Morgan fingerprint density at radius 1 is 1.10 bits per heavy atom. The van der Waals surface area contributed by atoms with Gasteiger partial charge >= 0.3 is 0 Å². The van der Waals surface area contributed by atoms with Crippen LogP contribution in [0.5, 0.6) is 17.2 Å². The van der Waals surface area contributed by atoms with Crippen LogP contribution >= 0.6 is 11.3 Å². The van der Waals surface area contributed by atoms with Gasteiger partial charge in [-0.25, -0.2) is 0 Å². The van der Waals surface area contributed by atoms with Crippen molar-refractivity contribution in [2.45, 2.75) is 26.5 Å². The average molecular weight is 436 g/mol. The van der Waals surface area contributed by atoms with Gasteiger partial charge in [0.05, 0.1) is 11.9 Å². The number of amides is 1. The first-order valence-electron chi connectivity index (χ1n) is 9.78. The molecule has 0 aliphatic rings. The fourth-order valence-corrected chi connectivity index (χ4v) is 3.70. The predicted octanol–water partition coefficient (Wildman–Crippen LogP) is 5.04. The van der Waals surface area contributed by atoms with Gasteiger partial charge in [-0.1, -0.05) is 24.3 Å². The Morgan fingerprint density at radius 3 is 2.65 bits per heavy atom. The van der Waals surface area contributed by atoms with Crippen LogP contribution in [0.2, 0.25) is 0 Å². The van der Waals surface area contributed by atoms with E-state index in [1.165, 1.54) is 0 Å². The summed E-state index contributed by atoms with van der Waals surface area (Å²) in [6.45, 7) is 3.81. The van der Waals surface area contributed by atoms with Gasteiger partial charge in [0.1, 0.15) is 22.8 Å². The maximum Gasteiger partial charge on any atom is 0.261 e. The molecule has 2 aromatic carbocycles. The van der Waals surface area contributed by atoms with Gasteiger partial charge in [-0.2, -0.15) is 0 Å². The molecule has 2 heterocycles. The summed E-state index contributed by atoms with van der Waals surface area (Å²) in [6, 6.07) is 17.8. The molecular weight excluding hydrogens is 414 g/mol. The number of fused-ring (bicyclic) bond motifs is 1. The number of aryl methyl sites for hydroxylation is 1. The minimum Gasteiger partial charge on any atom is -0.481 e. The van der Waals surface area contributed by atoms with Gasteiger partial charge in [0, 0.05) is 10.9 Å². The van der Waals surface area contributed by atoms with Crippen LogP contribution in [0.4, 0.5) is 0 Å². The van der Waals surface area contributed by atoms with E-state index < -0.39 is 6.10 Å². The highest BCUT2D eigenvalue weighted by Gasteiger charge is 2.17. The summed E-state index contributed by atoms with van der Waals surface area (Å²) in [4.78, 5) is 26.3. The van der Waals surface area contributed by atoms with E-state index in [1.807, 2.05) is 35.7 Å². The number of ether oxygens (including phenoxy) is 2. The first-order valence-corrected chi connectivity index (χ1v) is 10.7. The first kappa shape index (κ1) is 20.7. The number of nitrogens with one attached hydrogen (secondary N) is 1. The highest BCUT2D eigenvalue weighted by molar-refractivity contribution is 7.09. The topological polar surface area (TPSA) is 77.8 Å². The normalized spacial score (nSPS) is 11.8. The molecule has 0 aliphatic heterocycles. The average Bonchev–Trinajstić information content (AvgIpc) is 3.29. The Bertz CT molecular complexity index is 1250. The third-order valence-electron chi connectivity index (χ3n) is 4.65. The minimum absolute atomic E-state index is 0.147. The molecule has 4 rings (SSSR count). The van der Waals surface area contributed by atoms with E-state index in [1.54, 1.807) is 55.5 Å². The maximum absolute atomic E-state index is 12.9. The molecule has 2 aromatic heterocycles. The second-order valence-corrected chi connectivity index (χ2v) is 7.98. The van der Waals surface area contributed by atoms with Crippen molar-refractivity contribution in [2.75, 3.05) is 0 Å². The Hall–Kier alpha value is -3.58. The number of carbonyl (C=O) groups is 1. The SMILES string of the molecule is Cc1oc2cc(OC(C)C(=O)NCc3cccs3)ccc2c(=O)c1Oc1ccccc1. The lowest BCUT2D eigenvalue weighted by molar-refractivity contribution is -0.127. The van der Waals surface area contributed by atoms with Crippen molar-refractivity contribution in [1.29, 1.82) is 0 Å². The van der Waals surface area contributed by atoms with Crippen molar-refractivity contribution in [1.82, 2.24) is 5.32 Å². The van der Waals surface area contributed by atoms with Gasteiger partial charge in [-0.05, 0) is 49.6 Å². The highest BCUT2D eigenvalue weighted by Crippen LogP contribution is 2.27. The molecule has 0 saturated carbocycles. The molecule has 7 heteroatoms. The minimum atomic E-state index is -0.703. The van der Waals surface area contributed by atoms with E-state index in [2.05, 4.69) is 5.32 Å². The van der Waals surface area contributed by atoms with Crippen molar-refractivity contribution < 1.29 is 18.7 Å².